The maximum absolute atomic E-state index is 12.5. The Morgan fingerprint density at radius 2 is 1.96 bits per heavy atom. The van der Waals surface area contributed by atoms with E-state index in [4.69, 9.17) is 0 Å². The first-order chi connectivity index (χ1) is 12.4. The van der Waals surface area contributed by atoms with Crippen molar-refractivity contribution in [2.45, 2.75) is 20.8 Å². The highest BCUT2D eigenvalue weighted by molar-refractivity contribution is 6.05. The van der Waals surface area contributed by atoms with E-state index in [1.165, 1.54) is 31.5 Å². The average molecular weight is 352 g/mol. The number of anilines is 1. The molecule has 26 heavy (non-hydrogen) atoms. The Morgan fingerprint density at radius 1 is 1.19 bits per heavy atom. The molecule has 9 heteroatoms. The molecule has 2 aromatic heterocycles. The fraction of sp³-hybridized carbons (Fsp3) is 0.176. The van der Waals surface area contributed by atoms with E-state index in [1.807, 2.05) is 19.9 Å². The van der Waals surface area contributed by atoms with Crippen molar-refractivity contribution in [3.05, 3.63) is 69.3 Å². The SMILES string of the molecule is Cc1cc(C)n(-c2cc(NC(=O)c3cccc([N+](=O)[O-])c3C)ncn2)n1. The number of nitro benzene ring substituents is 1. The first kappa shape index (κ1) is 17.2. The molecule has 0 atom stereocenters. The Balaban J connectivity index is 1.89. The van der Waals surface area contributed by atoms with Gasteiger partial charge in [-0.3, -0.25) is 14.9 Å². The van der Waals surface area contributed by atoms with Crippen molar-refractivity contribution in [3.63, 3.8) is 0 Å². The van der Waals surface area contributed by atoms with Crippen LogP contribution in [0, 0.1) is 30.9 Å². The number of nitrogens with one attached hydrogen (secondary N) is 1. The highest BCUT2D eigenvalue weighted by Crippen LogP contribution is 2.22. The molecule has 0 aliphatic heterocycles. The maximum atomic E-state index is 12.5. The van der Waals surface area contributed by atoms with E-state index >= 15 is 0 Å². The van der Waals surface area contributed by atoms with E-state index in [-0.39, 0.29) is 17.1 Å². The summed E-state index contributed by atoms with van der Waals surface area (Å²) in [7, 11) is 0. The van der Waals surface area contributed by atoms with E-state index in [0.717, 1.165) is 11.4 Å². The smallest absolute Gasteiger partial charge is 0.273 e. The quantitative estimate of drug-likeness (QED) is 0.570. The minimum absolute atomic E-state index is 0.108. The monoisotopic (exact) mass is 352 g/mol. The van der Waals surface area contributed by atoms with Crippen LogP contribution in [-0.4, -0.2) is 30.6 Å². The van der Waals surface area contributed by atoms with E-state index in [9.17, 15) is 14.9 Å². The lowest BCUT2D eigenvalue weighted by Gasteiger charge is -2.09. The van der Waals surface area contributed by atoms with Gasteiger partial charge in [0.25, 0.3) is 11.6 Å². The summed E-state index contributed by atoms with van der Waals surface area (Å²) in [6, 6.07) is 7.86. The van der Waals surface area contributed by atoms with Gasteiger partial charge in [0, 0.05) is 29.0 Å². The van der Waals surface area contributed by atoms with Crippen molar-refractivity contribution >= 4 is 17.4 Å². The van der Waals surface area contributed by atoms with Gasteiger partial charge >= 0.3 is 0 Å². The number of hydrogen-bond acceptors (Lipinski definition) is 6. The molecule has 0 spiro atoms. The standard InChI is InChI=1S/C17H16N6O3/c1-10-7-11(2)22(21-10)16-8-15(18-9-19-16)20-17(24)13-5-4-6-14(12(13)3)23(25)26/h4-9H,1-3H3,(H,18,19,20,24). The van der Waals surface area contributed by atoms with E-state index in [0.29, 0.717) is 11.4 Å². The summed E-state index contributed by atoms with van der Waals surface area (Å²) in [6.45, 7) is 5.31. The third-order valence-electron chi connectivity index (χ3n) is 3.87. The molecule has 0 aliphatic carbocycles. The summed E-state index contributed by atoms with van der Waals surface area (Å²) in [4.78, 5) is 31.2. The van der Waals surface area contributed by atoms with Crippen LogP contribution in [0.1, 0.15) is 27.3 Å². The van der Waals surface area contributed by atoms with Crippen molar-refractivity contribution in [1.29, 1.82) is 0 Å². The number of nitro groups is 1. The Kier molecular flexibility index (Phi) is 4.44. The largest absolute Gasteiger partial charge is 0.306 e. The van der Waals surface area contributed by atoms with Crippen molar-refractivity contribution in [1.82, 2.24) is 19.7 Å². The van der Waals surface area contributed by atoms with Crippen LogP contribution in [-0.2, 0) is 0 Å². The van der Waals surface area contributed by atoms with Gasteiger partial charge in [0.2, 0.25) is 0 Å². The number of carbonyl (C=O) groups is 1. The molecule has 9 nitrogen and oxygen atoms in total. The molecule has 3 aromatic rings. The third kappa shape index (κ3) is 3.27. The van der Waals surface area contributed by atoms with Gasteiger partial charge in [0.15, 0.2) is 5.82 Å². The van der Waals surface area contributed by atoms with Crippen LogP contribution in [0.25, 0.3) is 5.82 Å². The molecular formula is C17H16N6O3. The normalized spacial score (nSPS) is 10.6. The summed E-state index contributed by atoms with van der Waals surface area (Å²) >= 11 is 0. The highest BCUT2D eigenvalue weighted by Gasteiger charge is 2.18. The van der Waals surface area contributed by atoms with Gasteiger partial charge in [-0.15, -0.1) is 0 Å². The van der Waals surface area contributed by atoms with Crippen LogP contribution < -0.4 is 5.32 Å². The summed E-state index contributed by atoms with van der Waals surface area (Å²) in [5.41, 5.74) is 2.14. The summed E-state index contributed by atoms with van der Waals surface area (Å²) in [6.07, 6.45) is 1.32. The maximum Gasteiger partial charge on any atom is 0.273 e. The molecule has 1 amide bonds. The second-order valence-electron chi connectivity index (χ2n) is 5.76. The molecular weight excluding hydrogens is 336 g/mol. The van der Waals surface area contributed by atoms with Crippen LogP contribution >= 0.6 is 0 Å². The van der Waals surface area contributed by atoms with Gasteiger partial charge in [0.05, 0.1) is 10.6 Å². The number of benzene rings is 1. The van der Waals surface area contributed by atoms with Crippen LogP contribution in [0.5, 0.6) is 0 Å². The lowest BCUT2D eigenvalue weighted by atomic mass is 10.1. The minimum Gasteiger partial charge on any atom is -0.306 e. The van der Waals surface area contributed by atoms with Gasteiger partial charge in [-0.2, -0.15) is 5.10 Å². The van der Waals surface area contributed by atoms with Crippen LogP contribution in [0.3, 0.4) is 0 Å². The number of aromatic nitrogens is 4. The number of nitrogens with zero attached hydrogens (tertiary/aromatic N) is 5. The molecule has 132 valence electrons. The second-order valence-corrected chi connectivity index (χ2v) is 5.76. The van der Waals surface area contributed by atoms with Crippen LogP contribution in [0.4, 0.5) is 11.5 Å². The molecule has 0 fully saturated rings. The topological polar surface area (TPSA) is 116 Å². The predicted molar refractivity (Wildman–Crippen MR) is 94.4 cm³/mol. The molecule has 1 aromatic carbocycles. The van der Waals surface area contributed by atoms with Gasteiger partial charge in [-0.25, -0.2) is 14.6 Å². The second kappa shape index (κ2) is 6.71. The summed E-state index contributed by atoms with van der Waals surface area (Å²) in [5.74, 6) is 0.305. The Labute approximate surface area is 148 Å². The number of aryl methyl sites for hydroxylation is 2. The third-order valence-corrected chi connectivity index (χ3v) is 3.87. The molecule has 3 rings (SSSR count). The Morgan fingerprint density at radius 3 is 2.62 bits per heavy atom. The molecule has 0 saturated heterocycles. The van der Waals surface area contributed by atoms with Crippen molar-refractivity contribution in [3.8, 4) is 5.82 Å². The lowest BCUT2D eigenvalue weighted by molar-refractivity contribution is -0.385. The van der Waals surface area contributed by atoms with Crippen molar-refractivity contribution in [2.75, 3.05) is 5.32 Å². The number of rotatable bonds is 4. The first-order valence-electron chi connectivity index (χ1n) is 7.78. The van der Waals surface area contributed by atoms with Gasteiger partial charge in [-0.05, 0) is 32.9 Å². The zero-order chi connectivity index (χ0) is 18.8. The summed E-state index contributed by atoms with van der Waals surface area (Å²) < 4.78 is 1.64. The van der Waals surface area contributed by atoms with Crippen LogP contribution in [0.2, 0.25) is 0 Å². The number of carbonyl (C=O) groups excluding carboxylic acids is 1. The predicted octanol–water partition coefficient (Wildman–Crippen LogP) is 2.75. The fourth-order valence-corrected chi connectivity index (χ4v) is 2.64. The molecule has 1 N–H and O–H groups in total. The number of hydrogen-bond donors (Lipinski definition) is 1. The molecule has 0 saturated carbocycles. The van der Waals surface area contributed by atoms with Gasteiger partial charge in [-0.1, -0.05) is 6.07 Å². The zero-order valence-electron chi connectivity index (χ0n) is 14.4. The highest BCUT2D eigenvalue weighted by atomic mass is 16.6. The molecule has 0 radical (unpaired) electrons. The minimum atomic E-state index is -0.516. The molecule has 0 unspecified atom stereocenters. The molecule has 0 bridgehead atoms. The Bertz CT molecular complexity index is 1010. The lowest BCUT2D eigenvalue weighted by Crippen LogP contribution is -2.15. The van der Waals surface area contributed by atoms with Crippen molar-refractivity contribution < 1.29 is 9.72 Å². The van der Waals surface area contributed by atoms with Crippen LogP contribution in [0.15, 0.2) is 36.7 Å². The summed E-state index contributed by atoms with van der Waals surface area (Å²) in [5, 5.41) is 18.0. The van der Waals surface area contributed by atoms with Crippen molar-refractivity contribution in [2.24, 2.45) is 0 Å². The first-order valence-corrected chi connectivity index (χ1v) is 7.78. The average Bonchev–Trinajstić information content (AvgIpc) is 2.93. The van der Waals surface area contributed by atoms with E-state index < -0.39 is 10.8 Å². The van der Waals surface area contributed by atoms with E-state index in [2.05, 4.69) is 20.4 Å². The number of amides is 1. The van der Waals surface area contributed by atoms with Gasteiger partial charge < -0.3 is 5.32 Å². The zero-order valence-corrected chi connectivity index (χ0v) is 14.4. The molecule has 2 heterocycles. The fourth-order valence-electron chi connectivity index (χ4n) is 2.64. The molecule has 0 aliphatic rings. The van der Waals surface area contributed by atoms with E-state index in [1.54, 1.807) is 10.7 Å². The van der Waals surface area contributed by atoms with Gasteiger partial charge in [0.1, 0.15) is 12.1 Å². The Hall–Kier alpha value is -3.62.